The zero-order valence-corrected chi connectivity index (χ0v) is 23.9. The highest BCUT2D eigenvalue weighted by molar-refractivity contribution is 7.91. The van der Waals surface area contributed by atoms with Crippen molar-refractivity contribution in [1.82, 2.24) is 0 Å². The van der Waals surface area contributed by atoms with Gasteiger partial charge >= 0.3 is 5.97 Å². The van der Waals surface area contributed by atoms with E-state index in [0.717, 1.165) is 44.1 Å². The molecule has 0 radical (unpaired) electrons. The minimum Gasteiger partial charge on any atom is -0.460 e. The molecule has 200 valence electrons. The molecule has 0 aromatic heterocycles. The summed E-state index contributed by atoms with van der Waals surface area (Å²) in [5.41, 5.74) is -0.177. The van der Waals surface area contributed by atoms with Crippen molar-refractivity contribution >= 4 is 15.8 Å². The SMILES string of the molecule is Cc1ccc(S(=O)(=O)CC2([C@H](C)C(=O)OC(C)(C)C)CCCCCCCCCCCCCC2)cc1. The van der Waals surface area contributed by atoms with Crippen molar-refractivity contribution in [2.75, 3.05) is 5.75 Å². The Kier molecular flexibility index (Phi) is 11.8. The zero-order valence-electron chi connectivity index (χ0n) is 23.0. The predicted octanol–water partition coefficient (Wildman–Crippen LogP) is 8.21. The standard InChI is InChI=1S/C30H50O4S/c1-25-18-20-27(21-19-25)35(32,33)24-30(26(2)28(31)34-29(3,4)5)22-16-14-12-10-8-6-7-9-11-13-15-17-23-30/h18-21,26H,6-17,22-24H2,1-5H3/t26-/m1/s1. The van der Waals surface area contributed by atoms with Crippen molar-refractivity contribution < 1.29 is 17.9 Å². The number of hydrogen-bond acceptors (Lipinski definition) is 4. The van der Waals surface area contributed by atoms with Gasteiger partial charge in [-0.25, -0.2) is 8.42 Å². The number of ether oxygens (including phenoxy) is 1. The van der Waals surface area contributed by atoms with Crippen LogP contribution in [0.4, 0.5) is 0 Å². The molecule has 1 aromatic carbocycles. The maximum atomic E-state index is 13.7. The van der Waals surface area contributed by atoms with Gasteiger partial charge in [0.15, 0.2) is 9.84 Å². The first-order valence-electron chi connectivity index (χ1n) is 14.0. The van der Waals surface area contributed by atoms with E-state index < -0.39 is 26.8 Å². The zero-order chi connectivity index (χ0) is 26.0. The highest BCUT2D eigenvalue weighted by atomic mass is 32.2. The summed E-state index contributed by atoms with van der Waals surface area (Å²) in [4.78, 5) is 13.7. The van der Waals surface area contributed by atoms with Crippen molar-refractivity contribution in [2.24, 2.45) is 11.3 Å². The third-order valence-electron chi connectivity index (χ3n) is 7.64. The third-order valence-corrected chi connectivity index (χ3v) is 9.58. The smallest absolute Gasteiger partial charge is 0.309 e. The molecule has 1 aliphatic carbocycles. The second-order valence-electron chi connectivity index (χ2n) is 11.9. The average molecular weight is 507 g/mol. The summed E-state index contributed by atoms with van der Waals surface area (Å²) in [6.07, 6.45) is 15.7. The lowest BCUT2D eigenvalue weighted by molar-refractivity contribution is -0.164. The van der Waals surface area contributed by atoms with E-state index in [2.05, 4.69) is 0 Å². The van der Waals surface area contributed by atoms with Gasteiger partial charge in [0.1, 0.15) is 5.60 Å². The number of sulfone groups is 1. The predicted molar refractivity (Wildman–Crippen MR) is 145 cm³/mol. The van der Waals surface area contributed by atoms with E-state index in [1.54, 1.807) is 12.1 Å². The molecule has 0 unspecified atom stereocenters. The lowest BCUT2D eigenvalue weighted by Gasteiger charge is -2.39. The molecule has 0 saturated heterocycles. The van der Waals surface area contributed by atoms with Gasteiger partial charge in [0.2, 0.25) is 0 Å². The van der Waals surface area contributed by atoms with Crippen molar-refractivity contribution in [3.63, 3.8) is 0 Å². The minimum atomic E-state index is -3.55. The van der Waals surface area contributed by atoms with E-state index in [9.17, 15) is 13.2 Å². The Morgan fingerprint density at radius 2 is 1.23 bits per heavy atom. The summed E-state index contributed by atoms with van der Waals surface area (Å²) < 4.78 is 33.2. The molecule has 0 aliphatic heterocycles. The van der Waals surface area contributed by atoms with E-state index in [4.69, 9.17) is 4.74 Å². The molecule has 1 saturated carbocycles. The second kappa shape index (κ2) is 13.8. The lowest BCUT2D eigenvalue weighted by atomic mass is 9.70. The largest absolute Gasteiger partial charge is 0.460 e. The molecule has 5 heteroatoms. The summed E-state index contributed by atoms with van der Waals surface area (Å²) in [7, 11) is -3.55. The molecule has 0 amide bonds. The fraction of sp³-hybridized carbons (Fsp3) is 0.767. The van der Waals surface area contributed by atoms with E-state index in [1.807, 2.05) is 46.8 Å². The summed E-state index contributed by atoms with van der Waals surface area (Å²) in [5.74, 6) is -0.740. The molecular formula is C30H50O4S. The molecule has 1 aliphatic rings. The maximum absolute atomic E-state index is 13.7. The Morgan fingerprint density at radius 1 is 0.829 bits per heavy atom. The Labute approximate surface area is 215 Å². The molecule has 0 bridgehead atoms. The molecule has 0 heterocycles. The van der Waals surface area contributed by atoms with Crippen LogP contribution in [0.25, 0.3) is 0 Å². The van der Waals surface area contributed by atoms with Gasteiger partial charge in [-0.05, 0) is 58.1 Å². The summed E-state index contributed by atoms with van der Waals surface area (Å²) >= 11 is 0. The maximum Gasteiger partial charge on any atom is 0.309 e. The van der Waals surface area contributed by atoms with Gasteiger partial charge < -0.3 is 4.74 Å². The second-order valence-corrected chi connectivity index (χ2v) is 13.9. The van der Waals surface area contributed by atoms with Crippen molar-refractivity contribution in [3.05, 3.63) is 29.8 Å². The van der Waals surface area contributed by atoms with Crippen LogP contribution in [0.3, 0.4) is 0 Å². The van der Waals surface area contributed by atoms with Crippen LogP contribution < -0.4 is 0 Å². The number of esters is 1. The lowest BCUT2D eigenvalue weighted by Crippen LogP contribution is -2.43. The highest BCUT2D eigenvalue weighted by Gasteiger charge is 2.44. The molecule has 0 spiro atoms. The number of hydrogen-bond donors (Lipinski definition) is 0. The van der Waals surface area contributed by atoms with Gasteiger partial charge in [0.25, 0.3) is 0 Å². The van der Waals surface area contributed by atoms with E-state index in [0.29, 0.717) is 4.90 Å². The van der Waals surface area contributed by atoms with Gasteiger partial charge in [-0.3, -0.25) is 4.79 Å². The molecular weight excluding hydrogens is 456 g/mol. The van der Waals surface area contributed by atoms with Crippen molar-refractivity contribution in [2.45, 2.75) is 135 Å². The molecule has 1 aromatic rings. The van der Waals surface area contributed by atoms with Gasteiger partial charge in [-0.15, -0.1) is 0 Å². The Balaban J connectivity index is 2.37. The number of rotatable bonds is 5. The number of carbonyl (C=O) groups excluding carboxylic acids is 1. The van der Waals surface area contributed by atoms with Crippen LogP contribution >= 0.6 is 0 Å². The van der Waals surface area contributed by atoms with Gasteiger partial charge in [0, 0.05) is 0 Å². The molecule has 0 N–H and O–H groups in total. The van der Waals surface area contributed by atoms with Crippen LogP contribution in [0.5, 0.6) is 0 Å². The average Bonchev–Trinajstić information content (AvgIpc) is 2.78. The van der Waals surface area contributed by atoms with Crippen LogP contribution in [-0.2, 0) is 19.4 Å². The molecule has 35 heavy (non-hydrogen) atoms. The van der Waals surface area contributed by atoms with Crippen LogP contribution in [-0.4, -0.2) is 25.7 Å². The van der Waals surface area contributed by atoms with Crippen LogP contribution in [0.1, 0.15) is 123 Å². The van der Waals surface area contributed by atoms with Crippen LogP contribution in [0.15, 0.2) is 29.2 Å². The first kappa shape index (κ1) is 29.9. The quantitative estimate of drug-likeness (QED) is 0.378. The summed E-state index contributed by atoms with van der Waals surface area (Å²) in [5, 5.41) is 0. The van der Waals surface area contributed by atoms with Crippen LogP contribution in [0, 0.1) is 18.3 Å². The Hall–Kier alpha value is -1.36. The molecule has 1 atom stereocenters. The normalized spacial score (nSPS) is 20.3. The Bertz CT molecular complexity index is 849. The molecule has 2 rings (SSSR count). The first-order chi connectivity index (χ1) is 16.5. The first-order valence-corrected chi connectivity index (χ1v) is 15.6. The van der Waals surface area contributed by atoms with Gasteiger partial charge in [-0.1, -0.05) is 102 Å². The Morgan fingerprint density at radius 3 is 1.63 bits per heavy atom. The number of aryl methyl sites for hydroxylation is 1. The van der Waals surface area contributed by atoms with Crippen molar-refractivity contribution in [1.29, 1.82) is 0 Å². The fourth-order valence-corrected chi connectivity index (χ4v) is 7.41. The third kappa shape index (κ3) is 10.3. The molecule has 4 nitrogen and oxygen atoms in total. The van der Waals surface area contributed by atoms with E-state index in [-0.39, 0.29) is 11.7 Å². The summed E-state index contributed by atoms with van der Waals surface area (Å²) in [6, 6.07) is 7.13. The number of benzene rings is 1. The van der Waals surface area contributed by atoms with E-state index in [1.165, 1.54) is 51.4 Å². The van der Waals surface area contributed by atoms with E-state index >= 15 is 0 Å². The molecule has 1 fully saturated rings. The van der Waals surface area contributed by atoms with Gasteiger partial charge in [-0.2, -0.15) is 0 Å². The minimum absolute atomic E-state index is 0.00344. The topological polar surface area (TPSA) is 60.4 Å². The number of carbonyl (C=O) groups is 1. The van der Waals surface area contributed by atoms with Crippen LogP contribution in [0.2, 0.25) is 0 Å². The summed E-state index contributed by atoms with van der Waals surface area (Å²) in [6.45, 7) is 9.51. The monoisotopic (exact) mass is 506 g/mol. The van der Waals surface area contributed by atoms with Gasteiger partial charge in [0.05, 0.1) is 16.6 Å². The fourth-order valence-electron chi connectivity index (χ4n) is 5.40. The van der Waals surface area contributed by atoms with Crippen molar-refractivity contribution in [3.8, 4) is 0 Å². The highest BCUT2D eigenvalue weighted by Crippen LogP contribution is 2.43.